The third-order valence-electron chi connectivity index (χ3n) is 3.69. The van der Waals surface area contributed by atoms with E-state index in [1.807, 2.05) is 37.3 Å². The largest absolute Gasteiger partial charge is 0.326 e. The van der Waals surface area contributed by atoms with Gasteiger partial charge in [-0.15, -0.1) is 0 Å². The molecule has 128 valence electrons. The van der Waals surface area contributed by atoms with Gasteiger partial charge in [0.25, 0.3) is 0 Å². The zero-order valence-electron chi connectivity index (χ0n) is 13.6. The first-order valence-electron chi connectivity index (χ1n) is 7.84. The molecule has 0 saturated heterocycles. The van der Waals surface area contributed by atoms with Crippen LogP contribution in [0.25, 0.3) is 0 Å². The average Bonchev–Trinajstić information content (AvgIpc) is 2.54. The Balaban J connectivity index is 2.09. The number of primary sulfonamides is 1. The second kappa shape index (κ2) is 8.08. The molecule has 2 aromatic carbocycles. The van der Waals surface area contributed by atoms with Gasteiger partial charge in [0.1, 0.15) is 0 Å². The Morgan fingerprint density at radius 2 is 1.71 bits per heavy atom. The molecular formula is C18H22N2O3S. The predicted octanol–water partition coefficient (Wildman–Crippen LogP) is 3.00. The molecule has 5 nitrogen and oxygen atoms in total. The van der Waals surface area contributed by atoms with Crippen LogP contribution in [0.2, 0.25) is 0 Å². The van der Waals surface area contributed by atoms with Crippen LogP contribution in [-0.4, -0.2) is 14.3 Å². The van der Waals surface area contributed by atoms with Crippen LogP contribution >= 0.6 is 0 Å². The normalized spacial score (nSPS) is 12.6. The minimum Gasteiger partial charge on any atom is -0.326 e. The van der Waals surface area contributed by atoms with Gasteiger partial charge in [0.2, 0.25) is 15.9 Å². The van der Waals surface area contributed by atoms with Crippen LogP contribution in [0.1, 0.15) is 36.8 Å². The third kappa shape index (κ3) is 5.47. The number of hydrogen-bond acceptors (Lipinski definition) is 3. The van der Waals surface area contributed by atoms with Gasteiger partial charge in [-0.25, -0.2) is 13.6 Å². The molecule has 0 aliphatic heterocycles. The first-order valence-corrected chi connectivity index (χ1v) is 9.56. The van der Waals surface area contributed by atoms with Crippen LogP contribution in [0.15, 0.2) is 54.6 Å². The summed E-state index contributed by atoms with van der Waals surface area (Å²) < 4.78 is 22.2. The highest BCUT2D eigenvalue weighted by Crippen LogP contribution is 2.23. The lowest BCUT2D eigenvalue weighted by molar-refractivity contribution is -0.117. The van der Waals surface area contributed by atoms with Crippen molar-refractivity contribution in [3.05, 3.63) is 65.7 Å². The number of hydrogen-bond donors (Lipinski definition) is 2. The Morgan fingerprint density at radius 3 is 2.25 bits per heavy atom. The molecule has 0 saturated carbocycles. The van der Waals surface area contributed by atoms with E-state index in [0.717, 1.165) is 18.4 Å². The quantitative estimate of drug-likeness (QED) is 0.807. The van der Waals surface area contributed by atoms with Gasteiger partial charge in [-0.3, -0.25) is 4.79 Å². The highest BCUT2D eigenvalue weighted by molar-refractivity contribution is 7.88. The summed E-state index contributed by atoms with van der Waals surface area (Å²) in [7, 11) is -3.56. The second-order valence-electron chi connectivity index (χ2n) is 5.75. The average molecular weight is 346 g/mol. The summed E-state index contributed by atoms with van der Waals surface area (Å²) in [5.41, 5.74) is 2.21. The Labute approximate surface area is 142 Å². The molecular weight excluding hydrogens is 324 g/mol. The van der Waals surface area contributed by atoms with Crippen LogP contribution in [0.5, 0.6) is 0 Å². The van der Waals surface area contributed by atoms with E-state index in [0.29, 0.717) is 11.3 Å². The fourth-order valence-corrected chi connectivity index (χ4v) is 3.23. The highest BCUT2D eigenvalue weighted by Gasteiger charge is 2.19. The summed E-state index contributed by atoms with van der Waals surface area (Å²) in [6, 6.07) is 16.4. The standard InChI is InChI=1S/C18H22N2O3S/c1-2-6-17(15-7-4-3-5-8-15)18(21)20-16-11-9-14(10-12-16)13-24(19,22)23/h3-5,7-12,17H,2,6,13H2,1H3,(H,20,21)(H2,19,22,23). The van der Waals surface area contributed by atoms with Crippen molar-refractivity contribution in [3.63, 3.8) is 0 Å². The minimum absolute atomic E-state index is 0.0674. The van der Waals surface area contributed by atoms with Crippen molar-refractivity contribution in [2.75, 3.05) is 5.32 Å². The zero-order valence-corrected chi connectivity index (χ0v) is 14.4. The monoisotopic (exact) mass is 346 g/mol. The van der Waals surface area contributed by atoms with Gasteiger partial charge >= 0.3 is 0 Å². The van der Waals surface area contributed by atoms with Crippen molar-refractivity contribution in [2.24, 2.45) is 5.14 Å². The summed E-state index contributed by atoms with van der Waals surface area (Å²) in [4.78, 5) is 12.6. The molecule has 1 atom stereocenters. The van der Waals surface area contributed by atoms with E-state index in [4.69, 9.17) is 5.14 Å². The molecule has 0 heterocycles. The topological polar surface area (TPSA) is 89.3 Å². The summed E-state index contributed by atoms with van der Waals surface area (Å²) in [6.45, 7) is 2.05. The Bertz CT molecular complexity index is 772. The smallest absolute Gasteiger partial charge is 0.231 e. The molecule has 0 aliphatic rings. The number of rotatable bonds is 7. The highest BCUT2D eigenvalue weighted by atomic mass is 32.2. The number of nitrogens with two attached hydrogens (primary N) is 1. The maximum atomic E-state index is 12.6. The van der Waals surface area contributed by atoms with E-state index < -0.39 is 10.0 Å². The van der Waals surface area contributed by atoms with Crippen molar-refractivity contribution >= 4 is 21.6 Å². The van der Waals surface area contributed by atoms with Gasteiger partial charge < -0.3 is 5.32 Å². The maximum Gasteiger partial charge on any atom is 0.231 e. The fourth-order valence-electron chi connectivity index (χ4n) is 2.57. The van der Waals surface area contributed by atoms with E-state index in [9.17, 15) is 13.2 Å². The van der Waals surface area contributed by atoms with Crippen molar-refractivity contribution < 1.29 is 13.2 Å². The predicted molar refractivity (Wildman–Crippen MR) is 96.0 cm³/mol. The fraction of sp³-hybridized carbons (Fsp3) is 0.278. The van der Waals surface area contributed by atoms with Crippen molar-refractivity contribution in [3.8, 4) is 0 Å². The van der Waals surface area contributed by atoms with Crippen molar-refractivity contribution in [2.45, 2.75) is 31.4 Å². The summed E-state index contributed by atoms with van der Waals surface area (Å²) in [5.74, 6) is -0.494. The third-order valence-corrected chi connectivity index (χ3v) is 4.42. The SMILES string of the molecule is CCCC(C(=O)Nc1ccc(CS(N)(=O)=O)cc1)c1ccccc1. The van der Waals surface area contributed by atoms with Gasteiger partial charge in [-0.05, 0) is 29.7 Å². The number of carbonyl (C=O) groups is 1. The molecule has 0 spiro atoms. The van der Waals surface area contributed by atoms with Gasteiger partial charge in [-0.1, -0.05) is 55.8 Å². The van der Waals surface area contributed by atoms with Crippen LogP contribution in [0, 0.1) is 0 Å². The number of benzene rings is 2. The van der Waals surface area contributed by atoms with Gasteiger partial charge in [0.15, 0.2) is 0 Å². The molecule has 0 aliphatic carbocycles. The summed E-state index contributed by atoms with van der Waals surface area (Å²) >= 11 is 0. The van der Waals surface area contributed by atoms with Crippen molar-refractivity contribution in [1.29, 1.82) is 0 Å². The van der Waals surface area contributed by atoms with Gasteiger partial charge in [0.05, 0.1) is 11.7 Å². The number of carbonyl (C=O) groups excluding carboxylic acids is 1. The zero-order chi connectivity index (χ0) is 17.6. The maximum absolute atomic E-state index is 12.6. The first-order chi connectivity index (χ1) is 11.4. The number of sulfonamides is 1. The van der Waals surface area contributed by atoms with Crippen molar-refractivity contribution in [1.82, 2.24) is 0 Å². The lowest BCUT2D eigenvalue weighted by atomic mass is 9.93. The van der Waals surface area contributed by atoms with E-state index >= 15 is 0 Å². The summed E-state index contributed by atoms with van der Waals surface area (Å²) in [6.07, 6.45) is 1.67. The van der Waals surface area contributed by atoms with E-state index in [1.54, 1.807) is 24.3 Å². The van der Waals surface area contributed by atoms with Crippen LogP contribution < -0.4 is 10.5 Å². The number of nitrogens with one attached hydrogen (secondary N) is 1. The minimum atomic E-state index is -3.56. The lowest BCUT2D eigenvalue weighted by Crippen LogP contribution is -2.21. The molecule has 1 amide bonds. The van der Waals surface area contributed by atoms with E-state index in [2.05, 4.69) is 5.32 Å². The lowest BCUT2D eigenvalue weighted by Gasteiger charge is -2.16. The number of anilines is 1. The van der Waals surface area contributed by atoms with Crippen LogP contribution in [0.3, 0.4) is 0 Å². The molecule has 3 N–H and O–H groups in total. The van der Waals surface area contributed by atoms with E-state index in [1.165, 1.54) is 0 Å². The van der Waals surface area contributed by atoms with Gasteiger partial charge in [-0.2, -0.15) is 0 Å². The Kier molecular flexibility index (Phi) is 6.11. The molecule has 1 unspecified atom stereocenters. The first kappa shape index (κ1) is 18.2. The Hall–Kier alpha value is -2.18. The summed E-state index contributed by atoms with van der Waals surface area (Å²) in [5, 5.41) is 7.92. The molecule has 0 fully saturated rings. The van der Waals surface area contributed by atoms with E-state index in [-0.39, 0.29) is 17.6 Å². The molecule has 2 aromatic rings. The Morgan fingerprint density at radius 1 is 1.08 bits per heavy atom. The van der Waals surface area contributed by atoms with Gasteiger partial charge in [0, 0.05) is 5.69 Å². The molecule has 6 heteroatoms. The molecule has 0 radical (unpaired) electrons. The molecule has 2 rings (SSSR count). The van der Waals surface area contributed by atoms with Crippen LogP contribution in [-0.2, 0) is 20.6 Å². The second-order valence-corrected chi connectivity index (χ2v) is 7.36. The molecule has 24 heavy (non-hydrogen) atoms. The molecule has 0 bridgehead atoms. The molecule has 0 aromatic heterocycles. The number of amides is 1. The van der Waals surface area contributed by atoms with Crippen LogP contribution in [0.4, 0.5) is 5.69 Å².